The summed E-state index contributed by atoms with van der Waals surface area (Å²) >= 11 is 0. The Bertz CT molecular complexity index is 663. The highest BCUT2D eigenvalue weighted by atomic mass is 16.2. The van der Waals surface area contributed by atoms with Crippen LogP contribution in [0.25, 0.3) is 0 Å². The molecule has 8 nitrogen and oxygen atoms in total. The number of rotatable bonds is 13. The van der Waals surface area contributed by atoms with E-state index in [-0.39, 0.29) is 12.1 Å². The van der Waals surface area contributed by atoms with Crippen molar-refractivity contribution >= 4 is 12.1 Å². The number of amides is 4. The third-order valence-electron chi connectivity index (χ3n) is 4.52. The van der Waals surface area contributed by atoms with E-state index in [0.29, 0.717) is 26.2 Å². The molecule has 0 aliphatic heterocycles. The van der Waals surface area contributed by atoms with E-state index in [9.17, 15) is 9.59 Å². The number of carbonyl (C=O) groups excluding carboxylic acids is 2. The lowest BCUT2D eigenvalue weighted by molar-refractivity contribution is 0.239. The number of carbonyl (C=O) groups is 2. The molecule has 0 bridgehead atoms. The van der Waals surface area contributed by atoms with E-state index in [4.69, 9.17) is 0 Å². The smallest absolute Gasteiger partial charge is 0.314 e. The summed E-state index contributed by atoms with van der Waals surface area (Å²) in [5.74, 6) is 0. The van der Waals surface area contributed by atoms with Crippen LogP contribution in [0.15, 0.2) is 49.1 Å². The van der Waals surface area contributed by atoms with Gasteiger partial charge in [0.25, 0.3) is 0 Å². The van der Waals surface area contributed by atoms with Crippen LogP contribution >= 0.6 is 0 Å². The molecule has 0 unspecified atom stereocenters. The largest absolute Gasteiger partial charge is 0.338 e. The van der Waals surface area contributed by atoms with Crippen LogP contribution in [0.4, 0.5) is 9.59 Å². The van der Waals surface area contributed by atoms with Gasteiger partial charge in [0.15, 0.2) is 0 Å². The molecule has 0 saturated heterocycles. The normalized spacial score (nSPS) is 10.3. The summed E-state index contributed by atoms with van der Waals surface area (Å²) < 4.78 is 0. The maximum absolute atomic E-state index is 11.7. The Balaban J connectivity index is 1.35. The van der Waals surface area contributed by atoms with Crippen molar-refractivity contribution in [2.45, 2.75) is 38.5 Å². The second-order valence-corrected chi connectivity index (χ2v) is 7.00. The molecule has 0 spiro atoms. The minimum Gasteiger partial charge on any atom is -0.338 e. The molecule has 2 heterocycles. The van der Waals surface area contributed by atoms with Gasteiger partial charge in [-0.05, 0) is 48.9 Å². The highest BCUT2D eigenvalue weighted by molar-refractivity contribution is 5.74. The number of pyridine rings is 2. The van der Waals surface area contributed by atoms with Gasteiger partial charge in [-0.1, -0.05) is 25.0 Å². The Morgan fingerprint density at radius 2 is 1.07 bits per heavy atom. The third-order valence-corrected chi connectivity index (χ3v) is 4.52. The van der Waals surface area contributed by atoms with Crippen LogP contribution in [0.5, 0.6) is 0 Å². The predicted octanol–water partition coefficient (Wildman–Crippen LogP) is 2.42. The summed E-state index contributed by atoms with van der Waals surface area (Å²) in [5, 5.41) is 11.4. The maximum atomic E-state index is 11.7. The quantitative estimate of drug-likeness (QED) is 0.379. The second-order valence-electron chi connectivity index (χ2n) is 7.00. The summed E-state index contributed by atoms with van der Waals surface area (Å²) in [6.45, 7) is 2.49. The Kier molecular flexibility index (Phi) is 11.4. The molecule has 8 heteroatoms. The molecular formula is C22H32N6O2. The second kappa shape index (κ2) is 14.8. The van der Waals surface area contributed by atoms with E-state index in [0.717, 1.165) is 49.7 Å². The molecule has 4 amide bonds. The lowest BCUT2D eigenvalue weighted by Gasteiger charge is -2.08. The predicted molar refractivity (Wildman–Crippen MR) is 117 cm³/mol. The number of hydrogen-bond acceptors (Lipinski definition) is 4. The van der Waals surface area contributed by atoms with Gasteiger partial charge in [0.1, 0.15) is 0 Å². The molecular weight excluding hydrogens is 380 g/mol. The molecule has 0 atom stereocenters. The molecule has 162 valence electrons. The Labute approximate surface area is 178 Å². The molecule has 0 aromatic carbocycles. The number of urea groups is 2. The highest BCUT2D eigenvalue weighted by Gasteiger charge is 2.01. The molecule has 4 N–H and O–H groups in total. The fourth-order valence-corrected chi connectivity index (χ4v) is 2.87. The Morgan fingerprint density at radius 1 is 0.633 bits per heavy atom. The Hall–Kier alpha value is -3.16. The van der Waals surface area contributed by atoms with Gasteiger partial charge >= 0.3 is 12.1 Å². The molecule has 0 aliphatic carbocycles. The topological polar surface area (TPSA) is 108 Å². The van der Waals surface area contributed by atoms with Gasteiger partial charge in [0, 0.05) is 51.0 Å². The van der Waals surface area contributed by atoms with Crippen LogP contribution in [0, 0.1) is 0 Å². The number of unbranched alkanes of at least 4 members (excludes halogenated alkanes) is 3. The SMILES string of the molecule is O=C(NCCCCCCNC(=O)NCCc1cccnc1)NCCc1cccnc1. The van der Waals surface area contributed by atoms with Gasteiger partial charge in [0.05, 0.1) is 0 Å². The lowest BCUT2D eigenvalue weighted by atomic mass is 10.2. The van der Waals surface area contributed by atoms with Crippen molar-refractivity contribution in [3.05, 3.63) is 60.2 Å². The summed E-state index contributed by atoms with van der Waals surface area (Å²) in [6, 6.07) is 7.50. The minimum atomic E-state index is -0.136. The van der Waals surface area contributed by atoms with Crippen LogP contribution < -0.4 is 21.3 Å². The average molecular weight is 413 g/mol. The van der Waals surface area contributed by atoms with Gasteiger partial charge in [-0.2, -0.15) is 0 Å². The average Bonchev–Trinajstić information content (AvgIpc) is 2.77. The zero-order valence-electron chi connectivity index (χ0n) is 17.4. The third kappa shape index (κ3) is 11.0. The van der Waals surface area contributed by atoms with E-state index in [1.165, 1.54) is 0 Å². The van der Waals surface area contributed by atoms with E-state index in [2.05, 4.69) is 31.2 Å². The van der Waals surface area contributed by atoms with Gasteiger partial charge < -0.3 is 21.3 Å². The van der Waals surface area contributed by atoms with E-state index < -0.39 is 0 Å². The molecule has 2 aromatic rings. The van der Waals surface area contributed by atoms with Crippen LogP contribution in [-0.4, -0.2) is 48.2 Å². The van der Waals surface area contributed by atoms with Crippen LogP contribution in [0.3, 0.4) is 0 Å². The number of aromatic nitrogens is 2. The summed E-state index contributed by atoms with van der Waals surface area (Å²) in [6.07, 6.45) is 12.5. The fraction of sp³-hybridized carbons (Fsp3) is 0.455. The highest BCUT2D eigenvalue weighted by Crippen LogP contribution is 1.98. The molecule has 2 aromatic heterocycles. The lowest BCUT2D eigenvalue weighted by Crippen LogP contribution is -2.37. The van der Waals surface area contributed by atoms with Crippen molar-refractivity contribution < 1.29 is 9.59 Å². The molecule has 0 saturated carbocycles. The van der Waals surface area contributed by atoms with Crippen molar-refractivity contribution in [3.63, 3.8) is 0 Å². The number of hydrogen-bond donors (Lipinski definition) is 4. The van der Waals surface area contributed by atoms with Crippen LogP contribution in [0.1, 0.15) is 36.8 Å². The molecule has 0 aliphatic rings. The first kappa shape index (κ1) is 23.1. The van der Waals surface area contributed by atoms with Crippen molar-refractivity contribution in [1.82, 2.24) is 31.2 Å². The van der Waals surface area contributed by atoms with Gasteiger partial charge in [-0.15, -0.1) is 0 Å². The van der Waals surface area contributed by atoms with E-state index in [1.807, 2.05) is 24.3 Å². The fourth-order valence-electron chi connectivity index (χ4n) is 2.87. The van der Waals surface area contributed by atoms with E-state index in [1.54, 1.807) is 24.8 Å². The standard InChI is InChI=1S/C22H32N6O2/c29-21(27-15-9-19-7-5-11-23-17-19)25-13-3-1-2-4-14-26-22(30)28-16-10-20-8-6-12-24-18-20/h5-8,11-12,17-18H,1-4,9-10,13-16H2,(H2,25,27,29)(H2,26,28,30). The van der Waals surface area contributed by atoms with Gasteiger partial charge in [-0.25, -0.2) is 9.59 Å². The van der Waals surface area contributed by atoms with Gasteiger partial charge in [-0.3, -0.25) is 9.97 Å². The van der Waals surface area contributed by atoms with Crippen molar-refractivity contribution in [2.75, 3.05) is 26.2 Å². The maximum Gasteiger partial charge on any atom is 0.314 e. The first-order valence-electron chi connectivity index (χ1n) is 10.6. The van der Waals surface area contributed by atoms with Crippen LogP contribution in [0.2, 0.25) is 0 Å². The van der Waals surface area contributed by atoms with Crippen molar-refractivity contribution in [3.8, 4) is 0 Å². The minimum absolute atomic E-state index is 0.136. The zero-order valence-corrected chi connectivity index (χ0v) is 17.4. The monoisotopic (exact) mass is 412 g/mol. The number of nitrogens with one attached hydrogen (secondary N) is 4. The zero-order chi connectivity index (χ0) is 21.3. The molecule has 0 radical (unpaired) electrons. The Morgan fingerprint density at radius 3 is 1.47 bits per heavy atom. The van der Waals surface area contributed by atoms with Crippen molar-refractivity contribution in [2.24, 2.45) is 0 Å². The summed E-state index contributed by atoms with van der Waals surface area (Å²) in [4.78, 5) is 31.6. The molecule has 0 fully saturated rings. The summed E-state index contributed by atoms with van der Waals surface area (Å²) in [5.41, 5.74) is 2.21. The molecule has 30 heavy (non-hydrogen) atoms. The van der Waals surface area contributed by atoms with E-state index >= 15 is 0 Å². The van der Waals surface area contributed by atoms with Crippen LogP contribution in [-0.2, 0) is 12.8 Å². The summed E-state index contributed by atoms with van der Waals surface area (Å²) in [7, 11) is 0. The number of nitrogens with zero attached hydrogens (tertiary/aromatic N) is 2. The first-order valence-corrected chi connectivity index (χ1v) is 10.6. The molecule has 2 rings (SSSR count). The first-order chi connectivity index (χ1) is 14.7. The van der Waals surface area contributed by atoms with Gasteiger partial charge in [0.2, 0.25) is 0 Å². The van der Waals surface area contributed by atoms with Crippen molar-refractivity contribution in [1.29, 1.82) is 0 Å².